The molecule has 10 heteroatoms. The van der Waals surface area contributed by atoms with Crippen molar-refractivity contribution in [2.45, 2.75) is 13.0 Å². The van der Waals surface area contributed by atoms with Crippen LogP contribution in [0.3, 0.4) is 0 Å². The van der Waals surface area contributed by atoms with Crippen molar-refractivity contribution in [2.75, 3.05) is 0 Å². The van der Waals surface area contributed by atoms with Crippen molar-refractivity contribution in [2.24, 2.45) is 0 Å². The van der Waals surface area contributed by atoms with E-state index < -0.39 is 38.7 Å². The van der Waals surface area contributed by atoms with Crippen molar-refractivity contribution < 1.29 is 27.2 Å². The molecule has 0 fully saturated rings. The Morgan fingerprint density at radius 1 is 1.53 bits per heavy atom. The molecule has 0 spiro atoms. The molecule has 17 heavy (non-hydrogen) atoms. The van der Waals surface area contributed by atoms with Crippen LogP contribution in [0.1, 0.15) is 5.69 Å². The molecule has 0 aromatic carbocycles. The summed E-state index contributed by atoms with van der Waals surface area (Å²) < 4.78 is 51.5. The van der Waals surface area contributed by atoms with Crippen molar-refractivity contribution in [3.8, 4) is 5.75 Å². The summed E-state index contributed by atoms with van der Waals surface area (Å²) in [7, 11) is 0. The molecule has 0 atom stereocenters. The Morgan fingerprint density at radius 3 is 2.53 bits per heavy atom. The Morgan fingerprint density at radius 2 is 2.12 bits per heavy atom. The average Bonchev–Trinajstić information content (AvgIpc) is 2.18. The molecule has 0 unspecified atom stereocenters. The molecule has 1 aromatic heterocycles. The second kappa shape index (κ2) is 4.98. The van der Waals surface area contributed by atoms with Crippen LogP contribution in [-0.2, 0) is 6.67 Å². The lowest BCUT2D eigenvalue weighted by atomic mass is 10.3. The normalized spacial score (nSPS) is 11.4. The van der Waals surface area contributed by atoms with Crippen LogP contribution in [0.25, 0.3) is 0 Å². The standard InChI is InChI=1S/C7H3F4IN2O3/c8-1-3-6(17-7(9,10)11)5(12)4(2-13-3)14(15)16/h2H,1H2. The number of aromatic nitrogens is 1. The summed E-state index contributed by atoms with van der Waals surface area (Å²) in [5.41, 5.74) is -1.32. The molecule has 0 aliphatic heterocycles. The molecular weight excluding hydrogens is 363 g/mol. The summed E-state index contributed by atoms with van der Waals surface area (Å²) in [5, 5.41) is 10.5. The summed E-state index contributed by atoms with van der Waals surface area (Å²) in [5.74, 6) is -0.977. The van der Waals surface area contributed by atoms with Gasteiger partial charge in [0.2, 0.25) is 0 Å². The Bertz CT molecular complexity index is 451. The monoisotopic (exact) mass is 366 g/mol. The first kappa shape index (κ1) is 13.9. The molecular formula is C7H3F4IN2O3. The Hall–Kier alpha value is -1.20. The minimum Gasteiger partial charge on any atom is -0.402 e. The van der Waals surface area contributed by atoms with Gasteiger partial charge in [0, 0.05) is 0 Å². The number of pyridine rings is 1. The van der Waals surface area contributed by atoms with Crippen molar-refractivity contribution in [1.82, 2.24) is 4.98 Å². The molecule has 0 amide bonds. The molecule has 0 aliphatic carbocycles. The zero-order chi connectivity index (χ0) is 13.2. The van der Waals surface area contributed by atoms with Crippen LogP contribution in [0.15, 0.2) is 6.20 Å². The third-order valence-corrected chi connectivity index (χ3v) is 2.61. The summed E-state index contributed by atoms with van der Waals surface area (Å²) in [6.07, 6.45) is -4.39. The molecule has 0 bridgehead atoms. The fraction of sp³-hybridized carbons (Fsp3) is 0.286. The van der Waals surface area contributed by atoms with E-state index in [0.717, 1.165) is 0 Å². The predicted octanol–water partition coefficient (Wildman–Crippen LogP) is 2.96. The fourth-order valence-electron chi connectivity index (χ4n) is 0.939. The summed E-state index contributed by atoms with van der Waals surface area (Å²) in [6, 6.07) is 0. The number of ether oxygens (including phenoxy) is 1. The summed E-state index contributed by atoms with van der Waals surface area (Å²) >= 11 is 1.27. The molecule has 1 rings (SSSR count). The van der Waals surface area contributed by atoms with E-state index in [1.807, 2.05) is 0 Å². The van der Waals surface area contributed by atoms with Gasteiger partial charge in [0.25, 0.3) is 0 Å². The van der Waals surface area contributed by atoms with Crippen molar-refractivity contribution >= 4 is 28.3 Å². The van der Waals surface area contributed by atoms with Crippen LogP contribution >= 0.6 is 22.6 Å². The Balaban J connectivity index is 3.32. The summed E-state index contributed by atoms with van der Waals surface area (Å²) in [4.78, 5) is 12.8. The zero-order valence-electron chi connectivity index (χ0n) is 7.79. The number of halogens is 5. The van der Waals surface area contributed by atoms with Gasteiger partial charge in [-0.25, -0.2) is 9.37 Å². The lowest BCUT2D eigenvalue weighted by Gasteiger charge is -2.12. The van der Waals surface area contributed by atoms with E-state index in [1.54, 1.807) is 0 Å². The van der Waals surface area contributed by atoms with Gasteiger partial charge in [0.05, 0.1) is 4.92 Å². The average molecular weight is 366 g/mol. The maximum Gasteiger partial charge on any atom is 0.573 e. The molecule has 1 aromatic rings. The predicted molar refractivity (Wildman–Crippen MR) is 55.1 cm³/mol. The Labute approximate surface area is 105 Å². The number of hydrogen-bond acceptors (Lipinski definition) is 4. The number of rotatable bonds is 3. The van der Waals surface area contributed by atoms with E-state index >= 15 is 0 Å². The second-order valence-electron chi connectivity index (χ2n) is 2.67. The van der Waals surface area contributed by atoms with Crippen LogP contribution in [0, 0.1) is 13.7 Å². The molecule has 0 aliphatic rings. The SMILES string of the molecule is O=[N+]([O-])c1cnc(CF)c(OC(F)(F)F)c1I. The first-order chi connectivity index (χ1) is 7.76. The third kappa shape index (κ3) is 3.38. The Kier molecular flexibility index (Phi) is 4.06. The molecule has 94 valence electrons. The summed E-state index contributed by atoms with van der Waals surface area (Å²) in [6.45, 7) is -1.32. The smallest absolute Gasteiger partial charge is 0.402 e. The van der Waals surface area contributed by atoms with Gasteiger partial charge < -0.3 is 4.74 Å². The van der Waals surface area contributed by atoms with E-state index in [2.05, 4.69) is 9.72 Å². The van der Waals surface area contributed by atoms with Crippen molar-refractivity contribution in [1.29, 1.82) is 0 Å². The second-order valence-corrected chi connectivity index (χ2v) is 3.75. The van der Waals surface area contributed by atoms with Gasteiger partial charge in [0.15, 0.2) is 5.75 Å². The molecule has 0 saturated heterocycles. The van der Waals surface area contributed by atoms with Gasteiger partial charge in [-0.2, -0.15) is 0 Å². The van der Waals surface area contributed by atoms with Crippen LogP contribution in [-0.4, -0.2) is 16.3 Å². The van der Waals surface area contributed by atoms with Gasteiger partial charge in [0.1, 0.15) is 22.1 Å². The fourth-order valence-corrected chi connectivity index (χ4v) is 1.70. The molecule has 0 saturated carbocycles. The van der Waals surface area contributed by atoms with E-state index in [9.17, 15) is 27.7 Å². The lowest BCUT2D eigenvalue weighted by Crippen LogP contribution is -2.19. The highest BCUT2D eigenvalue weighted by atomic mass is 127. The highest BCUT2D eigenvalue weighted by molar-refractivity contribution is 14.1. The van der Waals surface area contributed by atoms with Gasteiger partial charge in [-0.05, 0) is 22.6 Å². The van der Waals surface area contributed by atoms with Gasteiger partial charge in [-0.1, -0.05) is 0 Å². The topological polar surface area (TPSA) is 65.3 Å². The number of alkyl halides is 4. The van der Waals surface area contributed by atoms with E-state index in [1.165, 1.54) is 22.6 Å². The van der Waals surface area contributed by atoms with E-state index in [-0.39, 0.29) is 0 Å². The van der Waals surface area contributed by atoms with Gasteiger partial charge in [-0.3, -0.25) is 10.1 Å². The first-order valence-corrected chi connectivity index (χ1v) is 4.97. The van der Waals surface area contributed by atoms with Gasteiger partial charge in [-0.15, -0.1) is 13.2 Å². The van der Waals surface area contributed by atoms with Gasteiger partial charge >= 0.3 is 12.0 Å². The van der Waals surface area contributed by atoms with Crippen LogP contribution < -0.4 is 4.74 Å². The van der Waals surface area contributed by atoms with Crippen LogP contribution in [0.2, 0.25) is 0 Å². The van der Waals surface area contributed by atoms with Crippen LogP contribution in [0.5, 0.6) is 5.75 Å². The molecule has 1 heterocycles. The zero-order valence-corrected chi connectivity index (χ0v) is 9.95. The number of nitrogens with zero attached hydrogens (tertiary/aromatic N) is 2. The quantitative estimate of drug-likeness (QED) is 0.357. The van der Waals surface area contributed by atoms with Crippen molar-refractivity contribution in [3.05, 3.63) is 25.6 Å². The minimum absolute atomic E-state index is 0.451. The largest absolute Gasteiger partial charge is 0.573 e. The highest BCUT2D eigenvalue weighted by Crippen LogP contribution is 2.35. The minimum atomic E-state index is -5.07. The number of nitro groups is 1. The maximum atomic E-state index is 12.4. The molecule has 5 nitrogen and oxygen atoms in total. The van der Waals surface area contributed by atoms with Crippen molar-refractivity contribution in [3.63, 3.8) is 0 Å². The van der Waals surface area contributed by atoms with E-state index in [4.69, 9.17) is 0 Å². The lowest BCUT2D eigenvalue weighted by molar-refractivity contribution is -0.386. The van der Waals surface area contributed by atoms with Crippen LogP contribution in [0.4, 0.5) is 23.2 Å². The maximum absolute atomic E-state index is 12.4. The molecule has 0 N–H and O–H groups in total. The molecule has 0 radical (unpaired) electrons. The third-order valence-electron chi connectivity index (χ3n) is 1.57. The van der Waals surface area contributed by atoms with E-state index in [0.29, 0.717) is 6.20 Å². The highest BCUT2D eigenvalue weighted by Gasteiger charge is 2.35. The number of hydrogen-bond donors (Lipinski definition) is 0. The first-order valence-electron chi connectivity index (χ1n) is 3.89.